The van der Waals surface area contributed by atoms with E-state index in [9.17, 15) is 0 Å². The monoisotopic (exact) mass is 274 g/mol. The molecule has 0 aromatic carbocycles. The zero-order valence-corrected chi connectivity index (χ0v) is 12.3. The molecule has 0 aromatic rings. The van der Waals surface area contributed by atoms with Gasteiger partial charge in [-0.2, -0.15) is 0 Å². The second kappa shape index (κ2) is 15.6. The van der Waals surface area contributed by atoms with Gasteiger partial charge in [0, 0.05) is 13.0 Å². The topological polar surface area (TPSA) is 40.5 Å². The summed E-state index contributed by atoms with van der Waals surface area (Å²) in [7, 11) is 0. The van der Waals surface area contributed by atoms with E-state index < -0.39 is 6.10 Å². The van der Waals surface area contributed by atoms with E-state index in [4.69, 9.17) is 10.2 Å². The quantitative estimate of drug-likeness (QED) is 0.365. The number of unbranched alkanes of at least 4 members (excludes halogenated alkanes) is 6. The number of aliphatic hydroxyl groups excluding tert-OH is 2. The second-order valence-electron chi connectivity index (χ2n) is 4.56. The van der Waals surface area contributed by atoms with Gasteiger partial charge in [0.15, 0.2) is 0 Å². The van der Waals surface area contributed by atoms with Gasteiger partial charge in [0.2, 0.25) is 0 Å². The summed E-state index contributed by atoms with van der Waals surface area (Å²) >= 11 is 0. The Balaban J connectivity index is 3.42. The Morgan fingerprint density at radius 2 is 1.65 bits per heavy atom. The van der Waals surface area contributed by atoms with E-state index >= 15 is 0 Å². The molecule has 0 aliphatic heterocycles. The van der Waals surface area contributed by atoms with Gasteiger partial charge in [-0.25, -0.2) is 0 Å². The minimum atomic E-state index is -0.780. The summed E-state index contributed by atoms with van der Waals surface area (Å²) in [5.74, 6) is 10.7. The van der Waals surface area contributed by atoms with Crippen molar-refractivity contribution in [1.82, 2.24) is 0 Å². The second-order valence-corrected chi connectivity index (χ2v) is 4.56. The van der Waals surface area contributed by atoms with Crippen molar-refractivity contribution in [3.05, 3.63) is 24.8 Å². The van der Waals surface area contributed by atoms with Crippen molar-refractivity contribution in [2.75, 3.05) is 6.61 Å². The van der Waals surface area contributed by atoms with Crippen LogP contribution in [0, 0.1) is 23.7 Å². The van der Waals surface area contributed by atoms with Gasteiger partial charge in [-0.05, 0) is 31.1 Å². The molecule has 0 fully saturated rings. The van der Waals surface area contributed by atoms with Gasteiger partial charge >= 0.3 is 0 Å². The van der Waals surface area contributed by atoms with Crippen molar-refractivity contribution < 1.29 is 10.2 Å². The molecule has 110 valence electrons. The third-order valence-electron chi connectivity index (χ3n) is 2.76. The van der Waals surface area contributed by atoms with Crippen molar-refractivity contribution >= 4 is 0 Å². The highest BCUT2D eigenvalue weighted by atomic mass is 16.3. The summed E-state index contributed by atoms with van der Waals surface area (Å²) in [6, 6.07) is 0. The highest BCUT2D eigenvalue weighted by Crippen LogP contribution is 2.07. The van der Waals surface area contributed by atoms with E-state index in [0.29, 0.717) is 13.0 Å². The SMILES string of the molecule is C=CC(O)C#CC#CCC=CCCCCCCCCO. The smallest absolute Gasteiger partial charge is 0.134 e. The van der Waals surface area contributed by atoms with E-state index in [1.165, 1.54) is 31.8 Å². The zero-order chi connectivity index (χ0) is 14.9. The minimum absolute atomic E-state index is 0.320. The van der Waals surface area contributed by atoms with Crippen LogP contribution < -0.4 is 0 Å². The summed E-state index contributed by atoms with van der Waals surface area (Å²) in [6.07, 6.45) is 13.7. The Kier molecular flexibility index (Phi) is 14.4. The standard InChI is InChI=1S/C18H26O2/c1-2-18(20)16-14-12-10-8-6-4-3-5-7-9-11-13-15-17-19/h2,4,6,18-20H,1,3,5,7-9,11,13,15,17H2. The molecule has 2 N–H and O–H groups in total. The molecule has 0 spiro atoms. The summed E-state index contributed by atoms with van der Waals surface area (Å²) in [6.45, 7) is 3.74. The van der Waals surface area contributed by atoms with E-state index in [1.807, 2.05) is 0 Å². The number of hydrogen-bond acceptors (Lipinski definition) is 2. The van der Waals surface area contributed by atoms with Crippen LogP contribution in [0.3, 0.4) is 0 Å². The number of hydrogen-bond donors (Lipinski definition) is 2. The zero-order valence-electron chi connectivity index (χ0n) is 12.3. The van der Waals surface area contributed by atoms with Gasteiger partial charge in [0.1, 0.15) is 6.10 Å². The minimum Gasteiger partial charge on any atom is -0.396 e. The lowest BCUT2D eigenvalue weighted by Gasteiger charge is -1.98. The fourth-order valence-corrected chi connectivity index (χ4v) is 1.61. The van der Waals surface area contributed by atoms with E-state index in [0.717, 1.165) is 19.3 Å². The maximum Gasteiger partial charge on any atom is 0.134 e. The van der Waals surface area contributed by atoms with Crippen molar-refractivity contribution in [2.24, 2.45) is 0 Å². The molecule has 0 saturated carbocycles. The van der Waals surface area contributed by atoms with Crippen LogP contribution in [-0.2, 0) is 0 Å². The van der Waals surface area contributed by atoms with E-state index in [-0.39, 0.29) is 0 Å². The van der Waals surface area contributed by atoms with E-state index in [2.05, 4.69) is 42.4 Å². The van der Waals surface area contributed by atoms with Crippen LogP contribution in [0.5, 0.6) is 0 Å². The van der Waals surface area contributed by atoms with Crippen molar-refractivity contribution in [3.8, 4) is 23.7 Å². The Morgan fingerprint density at radius 1 is 0.950 bits per heavy atom. The first-order valence-corrected chi connectivity index (χ1v) is 7.36. The summed E-state index contributed by atoms with van der Waals surface area (Å²) < 4.78 is 0. The fourth-order valence-electron chi connectivity index (χ4n) is 1.61. The normalized spacial score (nSPS) is 11.3. The lowest BCUT2D eigenvalue weighted by molar-refractivity contribution is 0.281. The Labute approximate surface area is 123 Å². The molecule has 0 aromatic heterocycles. The van der Waals surface area contributed by atoms with Gasteiger partial charge in [0.25, 0.3) is 0 Å². The highest BCUT2D eigenvalue weighted by molar-refractivity contribution is 5.29. The van der Waals surface area contributed by atoms with Crippen molar-refractivity contribution in [2.45, 2.75) is 57.5 Å². The average molecular weight is 274 g/mol. The maximum absolute atomic E-state index is 9.06. The number of rotatable bonds is 10. The maximum atomic E-state index is 9.06. The molecule has 20 heavy (non-hydrogen) atoms. The number of aliphatic hydroxyl groups is 2. The largest absolute Gasteiger partial charge is 0.396 e. The van der Waals surface area contributed by atoms with Gasteiger partial charge < -0.3 is 10.2 Å². The molecular formula is C18H26O2. The fraction of sp³-hybridized carbons (Fsp3) is 0.556. The molecule has 0 rings (SSSR count). The molecule has 0 radical (unpaired) electrons. The van der Waals surface area contributed by atoms with E-state index in [1.54, 1.807) is 0 Å². The molecule has 0 bridgehead atoms. The van der Waals surface area contributed by atoms with Gasteiger partial charge in [-0.1, -0.05) is 62.3 Å². The highest BCUT2D eigenvalue weighted by Gasteiger charge is 1.89. The summed E-state index contributed by atoms with van der Waals surface area (Å²) in [4.78, 5) is 0. The molecular weight excluding hydrogens is 248 g/mol. The Hall–Kier alpha value is -1.48. The van der Waals surface area contributed by atoms with Crippen molar-refractivity contribution in [1.29, 1.82) is 0 Å². The Bertz CT molecular complexity index is 374. The third kappa shape index (κ3) is 14.6. The molecule has 0 heterocycles. The number of allylic oxidation sites excluding steroid dienone is 2. The van der Waals surface area contributed by atoms with Gasteiger partial charge in [-0.3, -0.25) is 0 Å². The van der Waals surface area contributed by atoms with Crippen LogP contribution in [0.25, 0.3) is 0 Å². The summed E-state index contributed by atoms with van der Waals surface area (Å²) in [5, 5.41) is 17.7. The van der Waals surface area contributed by atoms with Crippen LogP contribution >= 0.6 is 0 Å². The van der Waals surface area contributed by atoms with Crippen LogP contribution in [0.15, 0.2) is 24.8 Å². The molecule has 2 heteroatoms. The van der Waals surface area contributed by atoms with Gasteiger partial charge in [0.05, 0.1) is 0 Å². The molecule has 0 saturated heterocycles. The van der Waals surface area contributed by atoms with Crippen LogP contribution in [0.4, 0.5) is 0 Å². The molecule has 1 unspecified atom stereocenters. The third-order valence-corrected chi connectivity index (χ3v) is 2.76. The molecule has 1 atom stereocenters. The lowest BCUT2D eigenvalue weighted by Crippen LogP contribution is -1.94. The van der Waals surface area contributed by atoms with Gasteiger partial charge in [-0.15, -0.1) is 0 Å². The van der Waals surface area contributed by atoms with Crippen LogP contribution in [0.2, 0.25) is 0 Å². The average Bonchev–Trinajstić information content (AvgIpc) is 2.47. The lowest BCUT2D eigenvalue weighted by atomic mass is 10.1. The predicted octanol–water partition coefficient (Wildman–Crippen LogP) is 3.21. The first-order valence-electron chi connectivity index (χ1n) is 7.36. The first-order chi connectivity index (χ1) is 9.81. The predicted molar refractivity (Wildman–Crippen MR) is 84.9 cm³/mol. The van der Waals surface area contributed by atoms with Crippen LogP contribution in [-0.4, -0.2) is 22.9 Å². The molecule has 0 amide bonds. The molecule has 2 nitrogen and oxygen atoms in total. The molecule has 0 aliphatic carbocycles. The van der Waals surface area contributed by atoms with Crippen LogP contribution in [0.1, 0.15) is 51.4 Å². The molecule has 0 aliphatic rings. The summed E-state index contributed by atoms with van der Waals surface area (Å²) in [5.41, 5.74) is 0. The Morgan fingerprint density at radius 3 is 2.35 bits per heavy atom. The first kappa shape index (κ1) is 18.5. The van der Waals surface area contributed by atoms with Crippen molar-refractivity contribution in [3.63, 3.8) is 0 Å².